The number of hydrogen-bond acceptors (Lipinski definition) is 2. The highest BCUT2D eigenvalue weighted by atomic mass is 79.9. The van der Waals surface area contributed by atoms with Crippen molar-refractivity contribution in [3.05, 3.63) is 106 Å². The van der Waals surface area contributed by atoms with E-state index in [9.17, 15) is 9.59 Å². The van der Waals surface area contributed by atoms with E-state index in [-0.39, 0.29) is 18.2 Å². The number of carbonyl (C=O) groups excluding carboxylic acids is 2. The van der Waals surface area contributed by atoms with Crippen LogP contribution in [-0.2, 0) is 29.0 Å². The minimum atomic E-state index is -0.598. The van der Waals surface area contributed by atoms with E-state index >= 15 is 0 Å². The summed E-state index contributed by atoms with van der Waals surface area (Å²) in [5.74, 6) is -0.199. The molecule has 4 nitrogen and oxygen atoms in total. The molecule has 0 aliphatic rings. The van der Waals surface area contributed by atoms with Gasteiger partial charge in [0.1, 0.15) is 6.04 Å². The molecule has 3 aromatic carbocycles. The van der Waals surface area contributed by atoms with Crippen LogP contribution in [0.4, 0.5) is 0 Å². The molecule has 0 heterocycles. The van der Waals surface area contributed by atoms with E-state index in [0.717, 1.165) is 26.7 Å². The number of carbonyl (C=O) groups is 2. The smallest absolute Gasteiger partial charge is 0.243 e. The first-order valence-electron chi connectivity index (χ1n) is 10.9. The Morgan fingerprint density at radius 2 is 1.50 bits per heavy atom. The van der Waals surface area contributed by atoms with E-state index in [1.165, 1.54) is 0 Å². The number of nitrogens with zero attached hydrogens (tertiary/aromatic N) is 1. The van der Waals surface area contributed by atoms with Crippen LogP contribution in [0.15, 0.2) is 83.3 Å². The molecule has 0 bridgehead atoms. The van der Waals surface area contributed by atoms with Gasteiger partial charge in [0.15, 0.2) is 0 Å². The van der Waals surface area contributed by atoms with Crippen LogP contribution in [0.2, 0.25) is 0 Å². The van der Waals surface area contributed by atoms with Crippen molar-refractivity contribution in [3.8, 4) is 0 Å². The Labute approximate surface area is 198 Å². The van der Waals surface area contributed by atoms with Crippen LogP contribution >= 0.6 is 15.9 Å². The van der Waals surface area contributed by atoms with E-state index in [0.29, 0.717) is 19.5 Å². The van der Waals surface area contributed by atoms with Crippen molar-refractivity contribution in [1.82, 2.24) is 10.2 Å². The van der Waals surface area contributed by atoms with E-state index in [1.54, 1.807) is 4.90 Å². The molecule has 0 aliphatic carbocycles. The summed E-state index contributed by atoms with van der Waals surface area (Å²) in [4.78, 5) is 28.4. The van der Waals surface area contributed by atoms with Crippen LogP contribution in [0.3, 0.4) is 0 Å². The molecule has 0 spiro atoms. The highest BCUT2D eigenvalue weighted by molar-refractivity contribution is 9.10. The molecule has 0 radical (unpaired) electrons. The van der Waals surface area contributed by atoms with Crippen molar-refractivity contribution in [2.75, 3.05) is 6.54 Å². The summed E-state index contributed by atoms with van der Waals surface area (Å²) in [6.45, 7) is 4.80. The molecule has 1 atom stereocenters. The molecule has 32 heavy (non-hydrogen) atoms. The van der Waals surface area contributed by atoms with Gasteiger partial charge < -0.3 is 10.2 Å². The average molecular weight is 493 g/mol. The van der Waals surface area contributed by atoms with Crippen LogP contribution in [-0.4, -0.2) is 29.3 Å². The molecule has 0 fully saturated rings. The normalized spacial score (nSPS) is 11.6. The molecule has 0 saturated heterocycles. The fourth-order valence-electron chi connectivity index (χ4n) is 3.61. The van der Waals surface area contributed by atoms with Gasteiger partial charge in [-0.05, 0) is 42.7 Å². The fourth-order valence-corrected chi connectivity index (χ4v) is 3.88. The van der Waals surface area contributed by atoms with Crippen molar-refractivity contribution < 1.29 is 9.59 Å². The second kappa shape index (κ2) is 11.6. The minimum absolute atomic E-state index is 0.0658. The summed E-state index contributed by atoms with van der Waals surface area (Å²) >= 11 is 3.46. The number of benzene rings is 3. The van der Waals surface area contributed by atoms with Crippen molar-refractivity contribution >= 4 is 27.7 Å². The molecule has 2 amide bonds. The Balaban J connectivity index is 1.93. The van der Waals surface area contributed by atoms with Gasteiger partial charge in [-0.2, -0.15) is 0 Å². The van der Waals surface area contributed by atoms with E-state index < -0.39 is 6.04 Å². The lowest BCUT2D eigenvalue weighted by molar-refractivity contribution is -0.140. The molecular weight excluding hydrogens is 464 g/mol. The topological polar surface area (TPSA) is 49.4 Å². The zero-order chi connectivity index (χ0) is 22.9. The predicted octanol–water partition coefficient (Wildman–Crippen LogP) is 5.08. The van der Waals surface area contributed by atoms with Gasteiger partial charge in [-0.3, -0.25) is 9.59 Å². The van der Waals surface area contributed by atoms with Gasteiger partial charge >= 0.3 is 0 Å². The first-order chi connectivity index (χ1) is 15.5. The molecule has 1 N–H and O–H groups in total. The lowest BCUT2D eigenvalue weighted by atomic mass is 10.0. The number of likely N-dealkylation sites (N-methyl/N-ethyl adjacent to an activating group) is 1. The lowest BCUT2D eigenvalue weighted by Gasteiger charge is -2.31. The average Bonchev–Trinajstić information content (AvgIpc) is 2.79. The molecule has 3 aromatic rings. The first kappa shape index (κ1) is 23.7. The Morgan fingerprint density at radius 1 is 0.875 bits per heavy atom. The van der Waals surface area contributed by atoms with Crippen LogP contribution in [0, 0.1) is 6.92 Å². The van der Waals surface area contributed by atoms with E-state index in [1.807, 2.05) is 92.7 Å². The fraction of sp³-hybridized carbons (Fsp3) is 0.259. The third kappa shape index (κ3) is 6.79. The van der Waals surface area contributed by atoms with Crippen LogP contribution in [0.5, 0.6) is 0 Å². The van der Waals surface area contributed by atoms with E-state index in [2.05, 4.69) is 21.2 Å². The van der Waals surface area contributed by atoms with Gasteiger partial charge in [0.2, 0.25) is 11.8 Å². The number of rotatable bonds is 9. The second-order valence-electron chi connectivity index (χ2n) is 7.91. The third-order valence-corrected chi connectivity index (χ3v) is 5.89. The molecular formula is C27H29BrN2O2. The summed E-state index contributed by atoms with van der Waals surface area (Å²) in [6.07, 6.45) is 0.713. The van der Waals surface area contributed by atoms with Crippen LogP contribution < -0.4 is 5.32 Å². The molecule has 0 saturated carbocycles. The zero-order valence-electron chi connectivity index (χ0n) is 18.6. The molecule has 0 aromatic heterocycles. The van der Waals surface area contributed by atoms with E-state index in [4.69, 9.17) is 0 Å². The highest BCUT2D eigenvalue weighted by Gasteiger charge is 2.30. The minimum Gasteiger partial charge on any atom is -0.355 e. The summed E-state index contributed by atoms with van der Waals surface area (Å²) in [6, 6.07) is 25.1. The Kier molecular flexibility index (Phi) is 8.63. The highest BCUT2D eigenvalue weighted by Crippen LogP contribution is 2.18. The van der Waals surface area contributed by atoms with Crippen molar-refractivity contribution in [1.29, 1.82) is 0 Å². The molecule has 0 unspecified atom stereocenters. The van der Waals surface area contributed by atoms with Gasteiger partial charge in [-0.1, -0.05) is 88.2 Å². The summed E-state index contributed by atoms with van der Waals surface area (Å²) in [5, 5.41) is 2.93. The lowest BCUT2D eigenvalue weighted by Crippen LogP contribution is -2.50. The quantitative estimate of drug-likeness (QED) is 0.452. The van der Waals surface area contributed by atoms with Crippen molar-refractivity contribution in [2.24, 2.45) is 0 Å². The maximum absolute atomic E-state index is 13.5. The number of aryl methyl sites for hydroxylation is 1. The van der Waals surface area contributed by atoms with Crippen molar-refractivity contribution in [3.63, 3.8) is 0 Å². The maximum Gasteiger partial charge on any atom is 0.243 e. The number of halogens is 1. The molecule has 0 aliphatic heterocycles. The predicted molar refractivity (Wildman–Crippen MR) is 132 cm³/mol. The van der Waals surface area contributed by atoms with Crippen LogP contribution in [0.1, 0.15) is 29.2 Å². The SMILES string of the molecule is CCNC(=O)[C@@H](Cc1ccccc1)N(Cc1ccc(Br)cc1)C(=O)Cc1ccc(C)cc1. The Bertz CT molecular complexity index is 1020. The van der Waals surface area contributed by atoms with Crippen molar-refractivity contribution in [2.45, 2.75) is 39.3 Å². The Morgan fingerprint density at radius 3 is 2.12 bits per heavy atom. The Hall–Kier alpha value is -2.92. The largest absolute Gasteiger partial charge is 0.355 e. The van der Waals surface area contributed by atoms with Gasteiger partial charge in [0, 0.05) is 24.0 Å². The number of hydrogen-bond donors (Lipinski definition) is 1. The van der Waals surface area contributed by atoms with Gasteiger partial charge in [-0.25, -0.2) is 0 Å². The van der Waals surface area contributed by atoms with Gasteiger partial charge in [-0.15, -0.1) is 0 Å². The third-order valence-electron chi connectivity index (χ3n) is 5.36. The monoisotopic (exact) mass is 492 g/mol. The first-order valence-corrected chi connectivity index (χ1v) is 11.7. The number of nitrogens with one attached hydrogen (secondary N) is 1. The summed E-state index contributed by atoms with van der Waals surface area (Å²) in [5.41, 5.74) is 4.09. The number of amides is 2. The summed E-state index contributed by atoms with van der Waals surface area (Å²) in [7, 11) is 0. The van der Waals surface area contributed by atoms with Gasteiger partial charge in [0.25, 0.3) is 0 Å². The summed E-state index contributed by atoms with van der Waals surface area (Å²) < 4.78 is 0.975. The molecule has 166 valence electrons. The van der Waals surface area contributed by atoms with Gasteiger partial charge in [0.05, 0.1) is 6.42 Å². The standard InChI is InChI=1S/C27H29BrN2O2/c1-3-29-27(32)25(17-21-7-5-4-6-8-21)30(19-23-13-15-24(28)16-14-23)26(31)18-22-11-9-20(2)10-12-22/h4-16,25H,3,17-19H2,1-2H3,(H,29,32)/t25-/m1/s1. The zero-order valence-corrected chi connectivity index (χ0v) is 20.1. The maximum atomic E-state index is 13.5. The molecule has 5 heteroatoms. The second-order valence-corrected chi connectivity index (χ2v) is 8.83. The molecule has 3 rings (SSSR count). The van der Waals surface area contributed by atoms with Crippen LogP contribution in [0.25, 0.3) is 0 Å².